The normalized spacial score (nSPS) is 31.8. The minimum Gasteiger partial charge on any atom is -0.467 e. The largest absolute Gasteiger partial charge is 0.467 e. The van der Waals surface area contributed by atoms with Gasteiger partial charge in [0.25, 0.3) is 0 Å². The van der Waals surface area contributed by atoms with E-state index < -0.39 is 29.6 Å². The Kier molecular flexibility index (Phi) is 5.53. The lowest BCUT2D eigenvalue weighted by molar-refractivity contribution is -0.147. The predicted octanol–water partition coefficient (Wildman–Crippen LogP) is 0.179. The van der Waals surface area contributed by atoms with Gasteiger partial charge in [0.1, 0.15) is 6.04 Å². The maximum Gasteiger partial charge on any atom is 0.328 e. The Hall–Kier alpha value is -1.14. The zero-order valence-corrected chi connectivity index (χ0v) is 12.7. The molecule has 0 bridgehead atoms. The Morgan fingerprint density at radius 1 is 1.40 bits per heavy atom. The van der Waals surface area contributed by atoms with Crippen LogP contribution in [0.1, 0.15) is 40.0 Å². The van der Waals surface area contributed by atoms with Gasteiger partial charge in [-0.2, -0.15) is 0 Å². The Labute approximate surface area is 120 Å². The summed E-state index contributed by atoms with van der Waals surface area (Å²) in [7, 11) is 1.29. The zero-order valence-electron chi connectivity index (χ0n) is 12.7. The molecule has 0 spiro atoms. The summed E-state index contributed by atoms with van der Waals surface area (Å²) in [5.41, 5.74) is 5.02. The molecular weight excluding hydrogens is 260 g/mol. The SMILES string of the molecule is COC(=O)[C@H](NC(=O)[C@]1(N)C[C@@H](C)C[C@H](O)C1)C(C)C. The number of carbonyl (C=O) groups is 2. The molecule has 1 saturated carbocycles. The molecule has 4 N–H and O–H groups in total. The van der Waals surface area contributed by atoms with Crippen LogP contribution in [-0.4, -0.2) is 41.8 Å². The Morgan fingerprint density at radius 2 is 2.00 bits per heavy atom. The average molecular weight is 286 g/mol. The molecule has 6 heteroatoms. The lowest BCUT2D eigenvalue weighted by atomic mass is 9.75. The van der Waals surface area contributed by atoms with Crippen molar-refractivity contribution >= 4 is 11.9 Å². The molecule has 0 aliphatic heterocycles. The molecule has 1 fully saturated rings. The number of rotatable bonds is 4. The van der Waals surface area contributed by atoms with E-state index >= 15 is 0 Å². The fourth-order valence-corrected chi connectivity index (χ4v) is 2.85. The van der Waals surface area contributed by atoms with E-state index in [9.17, 15) is 14.7 Å². The Bertz CT molecular complexity index is 360. The maximum absolute atomic E-state index is 12.4. The molecular formula is C14H26N2O4. The molecule has 0 aromatic rings. The van der Waals surface area contributed by atoms with Crippen molar-refractivity contribution in [1.82, 2.24) is 5.32 Å². The van der Waals surface area contributed by atoms with Crippen molar-refractivity contribution in [1.29, 1.82) is 0 Å². The van der Waals surface area contributed by atoms with Crippen molar-refractivity contribution < 1.29 is 19.4 Å². The van der Waals surface area contributed by atoms with Crippen LogP contribution in [-0.2, 0) is 14.3 Å². The van der Waals surface area contributed by atoms with E-state index in [4.69, 9.17) is 10.5 Å². The molecule has 1 amide bonds. The summed E-state index contributed by atoms with van der Waals surface area (Å²) >= 11 is 0. The highest BCUT2D eigenvalue weighted by Gasteiger charge is 2.43. The molecule has 0 saturated heterocycles. The number of ether oxygens (including phenoxy) is 1. The van der Waals surface area contributed by atoms with Crippen molar-refractivity contribution in [3.63, 3.8) is 0 Å². The molecule has 1 aliphatic rings. The lowest BCUT2D eigenvalue weighted by Crippen LogP contribution is -2.61. The van der Waals surface area contributed by atoms with Crippen LogP contribution in [0.3, 0.4) is 0 Å². The third kappa shape index (κ3) is 3.93. The first-order chi connectivity index (χ1) is 9.19. The van der Waals surface area contributed by atoms with Crippen molar-refractivity contribution in [2.24, 2.45) is 17.6 Å². The standard InChI is InChI=1S/C14H26N2O4/c1-8(2)11(12(18)20-4)16-13(19)14(15)6-9(3)5-10(17)7-14/h8-11,17H,5-7,15H2,1-4H3,(H,16,19)/t9-,10-,11+,14-/m0/s1. The van der Waals surface area contributed by atoms with Crippen LogP contribution in [0, 0.1) is 11.8 Å². The van der Waals surface area contributed by atoms with Gasteiger partial charge in [-0.05, 0) is 24.7 Å². The highest BCUT2D eigenvalue weighted by Crippen LogP contribution is 2.31. The third-order valence-electron chi connectivity index (χ3n) is 3.85. The van der Waals surface area contributed by atoms with Gasteiger partial charge in [-0.25, -0.2) is 4.79 Å². The number of aliphatic hydroxyl groups excluding tert-OH is 1. The van der Waals surface area contributed by atoms with Crippen molar-refractivity contribution in [2.45, 2.75) is 57.7 Å². The molecule has 0 heterocycles. The van der Waals surface area contributed by atoms with Gasteiger partial charge in [-0.1, -0.05) is 20.8 Å². The summed E-state index contributed by atoms with van der Waals surface area (Å²) < 4.78 is 4.69. The second-order valence-corrected chi connectivity index (χ2v) is 6.28. The van der Waals surface area contributed by atoms with Gasteiger partial charge >= 0.3 is 5.97 Å². The number of methoxy groups -OCH3 is 1. The number of hydrogen-bond acceptors (Lipinski definition) is 5. The maximum atomic E-state index is 12.4. The van der Waals surface area contributed by atoms with E-state index in [1.807, 2.05) is 20.8 Å². The van der Waals surface area contributed by atoms with Gasteiger partial charge in [0.2, 0.25) is 5.91 Å². The van der Waals surface area contributed by atoms with Crippen LogP contribution in [0.25, 0.3) is 0 Å². The fourth-order valence-electron chi connectivity index (χ4n) is 2.85. The zero-order chi connectivity index (χ0) is 15.5. The number of nitrogens with two attached hydrogens (primary N) is 1. The number of carbonyl (C=O) groups excluding carboxylic acids is 2. The van der Waals surface area contributed by atoms with E-state index in [0.717, 1.165) is 0 Å². The lowest BCUT2D eigenvalue weighted by Gasteiger charge is -2.38. The number of amides is 1. The molecule has 6 nitrogen and oxygen atoms in total. The first-order valence-electron chi connectivity index (χ1n) is 7.05. The Morgan fingerprint density at radius 3 is 2.45 bits per heavy atom. The Balaban J connectivity index is 2.80. The van der Waals surface area contributed by atoms with Crippen LogP contribution in [0.5, 0.6) is 0 Å². The molecule has 4 atom stereocenters. The monoisotopic (exact) mass is 286 g/mol. The highest BCUT2D eigenvalue weighted by atomic mass is 16.5. The summed E-state index contributed by atoms with van der Waals surface area (Å²) in [5.74, 6) is -0.806. The number of esters is 1. The summed E-state index contributed by atoms with van der Waals surface area (Å²) in [5, 5.41) is 12.5. The van der Waals surface area contributed by atoms with E-state index in [1.165, 1.54) is 7.11 Å². The summed E-state index contributed by atoms with van der Waals surface area (Å²) in [6.45, 7) is 5.60. The summed E-state index contributed by atoms with van der Waals surface area (Å²) in [4.78, 5) is 24.1. The molecule has 20 heavy (non-hydrogen) atoms. The minimum absolute atomic E-state index is 0.0964. The van der Waals surface area contributed by atoms with Crippen molar-refractivity contribution in [3.8, 4) is 0 Å². The van der Waals surface area contributed by atoms with Crippen LogP contribution >= 0.6 is 0 Å². The molecule has 116 valence electrons. The third-order valence-corrected chi connectivity index (χ3v) is 3.85. The summed E-state index contributed by atoms with van der Waals surface area (Å²) in [6.07, 6.45) is 0.790. The quantitative estimate of drug-likeness (QED) is 0.640. The predicted molar refractivity (Wildman–Crippen MR) is 74.7 cm³/mol. The second kappa shape index (κ2) is 6.54. The van der Waals surface area contributed by atoms with Crippen LogP contribution in [0.4, 0.5) is 0 Å². The highest BCUT2D eigenvalue weighted by molar-refractivity contribution is 5.90. The number of nitrogens with one attached hydrogen (secondary N) is 1. The summed E-state index contributed by atoms with van der Waals surface area (Å²) in [6, 6.07) is -0.720. The first-order valence-corrected chi connectivity index (χ1v) is 7.05. The fraction of sp³-hybridized carbons (Fsp3) is 0.857. The van der Waals surface area contributed by atoms with Gasteiger partial charge < -0.3 is 20.9 Å². The topological polar surface area (TPSA) is 102 Å². The van der Waals surface area contributed by atoms with E-state index in [0.29, 0.717) is 12.8 Å². The van der Waals surface area contributed by atoms with Crippen molar-refractivity contribution in [2.75, 3.05) is 7.11 Å². The van der Waals surface area contributed by atoms with Gasteiger partial charge in [0.05, 0.1) is 18.8 Å². The van der Waals surface area contributed by atoms with E-state index in [1.54, 1.807) is 0 Å². The molecule has 0 aromatic carbocycles. The van der Waals surface area contributed by atoms with Crippen LogP contribution in [0.15, 0.2) is 0 Å². The average Bonchev–Trinajstić information content (AvgIpc) is 2.32. The van der Waals surface area contributed by atoms with Gasteiger partial charge in [-0.3, -0.25) is 4.79 Å². The van der Waals surface area contributed by atoms with Gasteiger partial charge in [0.15, 0.2) is 0 Å². The van der Waals surface area contributed by atoms with E-state index in [-0.39, 0.29) is 18.3 Å². The van der Waals surface area contributed by atoms with Gasteiger partial charge in [0, 0.05) is 6.42 Å². The number of aliphatic hydroxyl groups is 1. The molecule has 0 aromatic heterocycles. The van der Waals surface area contributed by atoms with Crippen LogP contribution < -0.4 is 11.1 Å². The smallest absolute Gasteiger partial charge is 0.328 e. The second-order valence-electron chi connectivity index (χ2n) is 6.28. The van der Waals surface area contributed by atoms with Gasteiger partial charge in [-0.15, -0.1) is 0 Å². The first kappa shape index (κ1) is 16.9. The molecule has 1 rings (SSSR count). The molecule has 1 aliphatic carbocycles. The molecule has 0 unspecified atom stereocenters. The minimum atomic E-state index is -1.13. The number of hydrogen-bond donors (Lipinski definition) is 3. The van der Waals surface area contributed by atoms with Crippen molar-refractivity contribution in [3.05, 3.63) is 0 Å². The van der Waals surface area contributed by atoms with E-state index in [2.05, 4.69) is 5.32 Å². The molecule has 0 radical (unpaired) electrons. The van der Waals surface area contributed by atoms with Crippen LogP contribution in [0.2, 0.25) is 0 Å².